The number of aryl methyl sites for hydroxylation is 1. The molecular formula is C25H26N2O2S2. The van der Waals surface area contributed by atoms with Crippen LogP contribution in [0.2, 0.25) is 0 Å². The Balaban J connectivity index is 0.00000132. The summed E-state index contributed by atoms with van der Waals surface area (Å²) >= 11 is 3.02. The maximum absolute atomic E-state index is 5.74. The van der Waals surface area contributed by atoms with Gasteiger partial charge in [-0.2, -0.15) is 0 Å². The van der Waals surface area contributed by atoms with Crippen molar-refractivity contribution >= 4 is 23.4 Å². The number of para-hydroxylation sites is 1. The van der Waals surface area contributed by atoms with Crippen LogP contribution in [0.5, 0.6) is 11.6 Å². The molecule has 4 rings (SSSR count). The van der Waals surface area contributed by atoms with Gasteiger partial charge in [-0.3, -0.25) is 0 Å². The van der Waals surface area contributed by atoms with Crippen molar-refractivity contribution in [2.45, 2.75) is 32.1 Å². The number of nitrogens with zero attached hydrogens (tertiary/aromatic N) is 2. The van der Waals surface area contributed by atoms with E-state index in [0.29, 0.717) is 12.5 Å². The number of benzene rings is 2. The lowest BCUT2D eigenvalue weighted by Gasteiger charge is -2.04. The lowest BCUT2D eigenvalue weighted by molar-refractivity contribution is 0.377. The molecule has 0 spiro atoms. The van der Waals surface area contributed by atoms with E-state index in [1.54, 1.807) is 17.5 Å². The third kappa shape index (κ3) is 7.21. The maximum atomic E-state index is 5.74. The predicted octanol–water partition coefficient (Wildman–Crippen LogP) is 7.60. The van der Waals surface area contributed by atoms with Gasteiger partial charge in [0.1, 0.15) is 10.8 Å². The van der Waals surface area contributed by atoms with Crippen LogP contribution in [0, 0.1) is 6.92 Å². The van der Waals surface area contributed by atoms with Crippen molar-refractivity contribution in [3.05, 3.63) is 89.6 Å². The Morgan fingerprint density at radius 1 is 0.935 bits per heavy atom. The first-order valence-corrected chi connectivity index (χ1v) is 11.9. The average molecular weight is 451 g/mol. The van der Waals surface area contributed by atoms with Gasteiger partial charge in [-0.15, -0.1) is 11.3 Å². The quantitative estimate of drug-likeness (QED) is 0.204. The van der Waals surface area contributed by atoms with Crippen LogP contribution in [0.15, 0.2) is 83.2 Å². The summed E-state index contributed by atoms with van der Waals surface area (Å²) in [5, 5.41) is 3.02. The molecule has 2 aromatic heterocycles. The van der Waals surface area contributed by atoms with Gasteiger partial charge in [0.05, 0.1) is 12.3 Å². The third-order valence-corrected chi connectivity index (χ3v) is 5.81. The van der Waals surface area contributed by atoms with Crippen molar-refractivity contribution in [3.63, 3.8) is 0 Å². The second kappa shape index (κ2) is 12.2. The maximum Gasteiger partial charge on any atom is 0.219 e. The van der Waals surface area contributed by atoms with Crippen LogP contribution in [0.4, 0.5) is 0 Å². The molecule has 4 aromatic rings. The summed E-state index contributed by atoms with van der Waals surface area (Å²) in [4.78, 5) is 10.2. The monoisotopic (exact) mass is 450 g/mol. The highest BCUT2D eigenvalue weighted by Gasteiger charge is 2.07. The first-order chi connectivity index (χ1) is 15.3. The Kier molecular flexibility index (Phi) is 9.09. The molecule has 0 unspecified atom stereocenters. The smallest absolute Gasteiger partial charge is 0.219 e. The van der Waals surface area contributed by atoms with Crippen molar-refractivity contribution in [2.24, 2.45) is 0 Å². The molecular weight excluding hydrogens is 424 g/mol. The van der Waals surface area contributed by atoms with Crippen LogP contribution in [0.3, 0.4) is 0 Å². The summed E-state index contributed by atoms with van der Waals surface area (Å²) in [6.07, 6.45) is 2.57. The highest BCUT2D eigenvalue weighted by atomic mass is 32.2. The standard InChI is InChI=1S/C23H20N2O2S2.C2H6/c1-17-7-10-21(11-8-17)29-26-14-13-19-16-28-23(25-19)18-9-12-22(24-15-18)27-20-5-3-2-4-6-20;1-2/h2-12,15-16H,13-14H2,1H3;1-2H3. The fraction of sp³-hybridized carbons (Fsp3) is 0.200. The molecule has 0 fully saturated rings. The molecule has 0 bridgehead atoms. The summed E-state index contributed by atoms with van der Waals surface area (Å²) in [7, 11) is 0. The van der Waals surface area contributed by atoms with Crippen molar-refractivity contribution in [1.82, 2.24) is 9.97 Å². The van der Waals surface area contributed by atoms with E-state index in [0.717, 1.165) is 33.3 Å². The van der Waals surface area contributed by atoms with Gasteiger partial charge in [-0.25, -0.2) is 9.97 Å². The molecule has 0 aliphatic rings. The third-order valence-electron chi connectivity index (χ3n) is 4.12. The summed E-state index contributed by atoms with van der Waals surface area (Å²) in [6.45, 7) is 6.69. The van der Waals surface area contributed by atoms with Gasteiger partial charge in [0, 0.05) is 46.6 Å². The Hall–Kier alpha value is -2.67. The van der Waals surface area contributed by atoms with Gasteiger partial charge in [-0.05, 0) is 37.3 Å². The van der Waals surface area contributed by atoms with Crippen molar-refractivity contribution < 1.29 is 8.92 Å². The van der Waals surface area contributed by atoms with E-state index in [4.69, 9.17) is 13.9 Å². The molecule has 0 atom stereocenters. The van der Waals surface area contributed by atoms with Crippen LogP contribution >= 0.6 is 23.4 Å². The Bertz CT molecular complexity index is 1030. The molecule has 160 valence electrons. The molecule has 0 amide bonds. The Labute approximate surface area is 192 Å². The van der Waals surface area contributed by atoms with E-state index >= 15 is 0 Å². The first kappa shape index (κ1) is 23.0. The van der Waals surface area contributed by atoms with Gasteiger partial charge in [-0.1, -0.05) is 49.7 Å². The average Bonchev–Trinajstić information content (AvgIpc) is 3.29. The first-order valence-electron chi connectivity index (χ1n) is 10.3. The van der Waals surface area contributed by atoms with Crippen LogP contribution < -0.4 is 4.74 Å². The number of hydrogen-bond acceptors (Lipinski definition) is 6. The zero-order valence-electron chi connectivity index (χ0n) is 17.9. The van der Waals surface area contributed by atoms with E-state index in [-0.39, 0.29) is 0 Å². The Morgan fingerprint density at radius 3 is 2.42 bits per heavy atom. The van der Waals surface area contributed by atoms with E-state index in [1.807, 2.05) is 56.3 Å². The molecule has 0 saturated carbocycles. The predicted molar refractivity (Wildman–Crippen MR) is 130 cm³/mol. The minimum Gasteiger partial charge on any atom is -0.439 e. The van der Waals surface area contributed by atoms with Crippen LogP contribution in [-0.2, 0) is 10.6 Å². The summed E-state index contributed by atoms with van der Waals surface area (Å²) in [6, 6.07) is 21.8. The fourth-order valence-electron chi connectivity index (χ4n) is 2.58. The molecule has 2 heterocycles. The second-order valence-electron chi connectivity index (χ2n) is 6.41. The molecule has 0 aliphatic heterocycles. The minimum atomic E-state index is 0.568. The molecule has 4 nitrogen and oxygen atoms in total. The summed E-state index contributed by atoms with van der Waals surface area (Å²) in [5.41, 5.74) is 3.26. The van der Waals surface area contributed by atoms with Gasteiger partial charge < -0.3 is 8.92 Å². The lowest BCUT2D eigenvalue weighted by Crippen LogP contribution is -1.94. The summed E-state index contributed by atoms with van der Waals surface area (Å²) < 4.78 is 11.4. The van der Waals surface area contributed by atoms with Crippen LogP contribution in [-0.4, -0.2) is 16.6 Å². The highest BCUT2D eigenvalue weighted by Crippen LogP contribution is 2.26. The van der Waals surface area contributed by atoms with Crippen molar-refractivity contribution in [1.29, 1.82) is 0 Å². The molecule has 6 heteroatoms. The van der Waals surface area contributed by atoms with E-state index in [9.17, 15) is 0 Å². The second-order valence-corrected chi connectivity index (χ2v) is 8.14. The van der Waals surface area contributed by atoms with E-state index in [1.165, 1.54) is 17.6 Å². The van der Waals surface area contributed by atoms with Gasteiger partial charge >= 0.3 is 0 Å². The molecule has 0 aliphatic carbocycles. The highest BCUT2D eigenvalue weighted by molar-refractivity contribution is 7.94. The number of thiazole rings is 1. The zero-order chi connectivity index (χ0) is 21.9. The van der Waals surface area contributed by atoms with Gasteiger partial charge in [0.25, 0.3) is 0 Å². The molecule has 0 N–H and O–H groups in total. The van der Waals surface area contributed by atoms with Crippen LogP contribution in [0.1, 0.15) is 25.1 Å². The number of hydrogen-bond donors (Lipinski definition) is 0. The normalized spacial score (nSPS) is 10.3. The number of aromatic nitrogens is 2. The van der Waals surface area contributed by atoms with Crippen LogP contribution in [0.25, 0.3) is 10.6 Å². The molecule has 0 radical (unpaired) electrons. The van der Waals surface area contributed by atoms with Crippen molar-refractivity contribution in [3.8, 4) is 22.2 Å². The van der Waals surface area contributed by atoms with E-state index < -0.39 is 0 Å². The minimum absolute atomic E-state index is 0.568. The van der Waals surface area contributed by atoms with E-state index in [2.05, 4.69) is 41.6 Å². The van der Waals surface area contributed by atoms with Gasteiger partial charge in [0.2, 0.25) is 5.88 Å². The SMILES string of the molecule is CC.Cc1ccc(SOCCc2csc(-c3ccc(Oc4ccccc4)nc3)n2)cc1. The topological polar surface area (TPSA) is 44.2 Å². The molecule has 0 saturated heterocycles. The number of pyridine rings is 1. The molecule has 2 aromatic carbocycles. The fourth-order valence-corrected chi connectivity index (χ4v) is 3.98. The number of ether oxygens (including phenoxy) is 1. The largest absolute Gasteiger partial charge is 0.439 e. The van der Waals surface area contributed by atoms with Crippen molar-refractivity contribution in [2.75, 3.05) is 6.61 Å². The zero-order valence-corrected chi connectivity index (χ0v) is 19.6. The number of rotatable bonds is 8. The summed E-state index contributed by atoms with van der Waals surface area (Å²) in [5.74, 6) is 1.34. The van der Waals surface area contributed by atoms with Gasteiger partial charge in [0.15, 0.2) is 0 Å². The lowest BCUT2D eigenvalue weighted by atomic mass is 10.2. The Morgan fingerprint density at radius 2 is 1.71 bits per heavy atom. The molecule has 31 heavy (non-hydrogen) atoms.